The number of aryl methyl sites for hydroxylation is 1. The lowest BCUT2D eigenvalue weighted by Crippen LogP contribution is -2.46. The van der Waals surface area contributed by atoms with Gasteiger partial charge in [0, 0.05) is 47.7 Å². The highest BCUT2D eigenvalue weighted by Crippen LogP contribution is 2.45. The quantitative estimate of drug-likeness (QED) is 0.284. The third kappa shape index (κ3) is 3.68. The number of aromatic nitrogens is 9. The fourth-order valence-corrected chi connectivity index (χ4v) is 6.42. The second-order valence-electron chi connectivity index (χ2n) is 10.5. The fraction of sp³-hybridized carbons (Fsp3) is 0.333. The van der Waals surface area contributed by atoms with Gasteiger partial charge in [-0.3, -0.25) is 14.6 Å². The molecule has 0 radical (unpaired) electrons. The van der Waals surface area contributed by atoms with E-state index in [0.717, 1.165) is 35.2 Å². The van der Waals surface area contributed by atoms with E-state index in [-0.39, 0.29) is 41.3 Å². The maximum absolute atomic E-state index is 13.1. The zero-order chi connectivity index (χ0) is 27.5. The first-order valence-electron chi connectivity index (χ1n) is 13.2. The molecule has 13 nitrogen and oxygen atoms in total. The molecule has 2 aliphatic heterocycles. The number of carbonyl (C=O) groups excluding carboxylic acids is 2. The molecule has 40 heavy (non-hydrogen) atoms. The topological polar surface area (TPSA) is 177 Å². The summed E-state index contributed by atoms with van der Waals surface area (Å²) in [5.74, 6) is 0.871. The number of amides is 1. The molecular formula is C27H27N11O2. The smallest absolute Gasteiger partial charge is 0.292 e. The van der Waals surface area contributed by atoms with Gasteiger partial charge in [-0.25, -0.2) is 9.97 Å². The minimum atomic E-state index is -0.160. The van der Waals surface area contributed by atoms with Gasteiger partial charge in [-0.05, 0) is 51.2 Å². The van der Waals surface area contributed by atoms with Crippen LogP contribution in [-0.2, 0) is 0 Å². The van der Waals surface area contributed by atoms with Gasteiger partial charge >= 0.3 is 0 Å². The summed E-state index contributed by atoms with van der Waals surface area (Å²) in [6.07, 6.45) is 11.5. The number of carbonyl (C=O) groups is 2. The van der Waals surface area contributed by atoms with Gasteiger partial charge in [0.15, 0.2) is 17.3 Å². The maximum Gasteiger partial charge on any atom is 0.292 e. The Morgan fingerprint density at radius 2 is 1.90 bits per heavy atom. The first kappa shape index (κ1) is 24.1. The molecular weight excluding hydrogens is 510 g/mol. The minimum Gasteiger partial charge on any atom is -0.383 e. The summed E-state index contributed by atoms with van der Waals surface area (Å²) in [7, 11) is 0. The largest absolute Gasteiger partial charge is 0.383 e. The van der Waals surface area contributed by atoms with Crippen molar-refractivity contribution < 1.29 is 9.59 Å². The van der Waals surface area contributed by atoms with Crippen LogP contribution in [-0.4, -0.2) is 73.4 Å². The Kier molecular flexibility index (Phi) is 5.47. The number of imidazole rings is 1. The van der Waals surface area contributed by atoms with Crippen LogP contribution in [0.4, 0.5) is 5.82 Å². The molecule has 7 rings (SSSR count). The Morgan fingerprint density at radius 3 is 2.55 bits per heavy atom. The van der Waals surface area contributed by atoms with Crippen molar-refractivity contribution in [1.29, 1.82) is 0 Å². The lowest BCUT2D eigenvalue weighted by atomic mass is 9.85. The zero-order valence-electron chi connectivity index (χ0n) is 22.0. The number of anilines is 1. The van der Waals surface area contributed by atoms with Gasteiger partial charge in [0.05, 0.1) is 17.5 Å². The SMILES string of the molecule is CC(=O)c1c([C@@H]2C[C@H]3CC[C@@H](C2)N3C(=O)c2nnc[nH]2)nc2c(-c3cnc(-c4ncc[nH]4)c(C)c3)cnn2c1N. The summed E-state index contributed by atoms with van der Waals surface area (Å²) in [5, 5.41) is 12.2. The molecule has 0 aliphatic carbocycles. The van der Waals surface area contributed by atoms with Crippen LogP contribution in [0, 0.1) is 6.92 Å². The number of nitrogen functional groups attached to an aromatic ring is 1. The number of rotatable bonds is 5. The van der Waals surface area contributed by atoms with E-state index >= 15 is 0 Å². The molecule has 5 aromatic heterocycles. The van der Waals surface area contributed by atoms with E-state index < -0.39 is 0 Å². The predicted molar refractivity (Wildman–Crippen MR) is 144 cm³/mol. The number of aromatic amines is 2. The number of H-pyrrole nitrogens is 2. The molecule has 2 fully saturated rings. The van der Waals surface area contributed by atoms with Gasteiger partial charge in [0.2, 0.25) is 5.82 Å². The van der Waals surface area contributed by atoms with Crippen molar-refractivity contribution >= 4 is 23.2 Å². The number of nitrogens with zero attached hydrogens (tertiary/aromatic N) is 8. The second kappa shape index (κ2) is 9.07. The average molecular weight is 538 g/mol. The van der Waals surface area contributed by atoms with Gasteiger partial charge in [-0.15, -0.1) is 10.2 Å². The predicted octanol–water partition coefficient (Wildman–Crippen LogP) is 2.94. The van der Waals surface area contributed by atoms with Crippen LogP contribution in [0.2, 0.25) is 0 Å². The Labute approximate surface area is 228 Å². The lowest BCUT2D eigenvalue weighted by Gasteiger charge is -2.38. The van der Waals surface area contributed by atoms with Crippen molar-refractivity contribution in [1.82, 2.24) is 49.6 Å². The average Bonchev–Trinajstić information content (AvgIpc) is 3.75. The van der Waals surface area contributed by atoms with E-state index in [4.69, 9.17) is 10.7 Å². The summed E-state index contributed by atoms with van der Waals surface area (Å²) >= 11 is 0. The summed E-state index contributed by atoms with van der Waals surface area (Å²) in [4.78, 5) is 47.9. The standard InChI is InChI=1S/C27H27N11O2/c1-13-7-16(10-31-21(13)24-29-5-6-30-24)19-11-34-38-23(28)20(14(2)39)22(35-26(19)38)15-8-17-3-4-18(9-15)37(17)27(40)25-32-12-33-36-25/h5-7,10-12,15,17-18H,3-4,8-9,28H2,1-2H3,(H,29,30)(H,32,33,36)/t15-,17-,18+. The number of nitrogens with two attached hydrogens (primary N) is 1. The van der Waals surface area contributed by atoms with Crippen molar-refractivity contribution in [2.75, 3.05) is 5.73 Å². The molecule has 13 heteroatoms. The van der Waals surface area contributed by atoms with Crippen LogP contribution in [0.15, 0.2) is 37.2 Å². The third-order valence-corrected chi connectivity index (χ3v) is 8.15. The molecule has 0 aromatic carbocycles. The molecule has 0 spiro atoms. The molecule has 2 bridgehead atoms. The van der Waals surface area contributed by atoms with Crippen LogP contribution in [0.5, 0.6) is 0 Å². The minimum absolute atomic E-state index is 0.0192. The van der Waals surface area contributed by atoms with Crippen LogP contribution in [0.3, 0.4) is 0 Å². The van der Waals surface area contributed by atoms with Gasteiger partial charge in [-0.2, -0.15) is 9.61 Å². The normalized spacial score (nSPS) is 20.4. The van der Waals surface area contributed by atoms with E-state index in [2.05, 4.69) is 35.2 Å². The van der Waals surface area contributed by atoms with Crippen LogP contribution in [0.1, 0.15) is 70.8 Å². The summed E-state index contributed by atoms with van der Waals surface area (Å²) in [6, 6.07) is 2.06. The number of pyridine rings is 1. The van der Waals surface area contributed by atoms with Crippen LogP contribution < -0.4 is 5.73 Å². The number of fused-ring (bicyclic) bond motifs is 3. The highest BCUT2D eigenvalue weighted by atomic mass is 16.2. The van der Waals surface area contributed by atoms with Gasteiger partial charge in [0.1, 0.15) is 17.8 Å². The van der Waals surface area contributed by atoms with Crippen molar-refractivity contribution in [3.05, 3.63) is 59.8 Å². The Balaban J connectivity index is 1.28. The Hall–Kier alpha value is -4.94. The van der Waals surface area contributed by atoms with E-state index in [1.54, 1.807) is 24.8 Å². The molecule has 3 atom stereocenters. The summed E-state index contributed by atoms with van der Waals surface area (Å²) in [6.45, 7) is 3.48. The monoisotopic (exact) mass is 537 g/mol. The molecule has 202 valence electrons. The summed E-state index contributed by atoms with van der Waals surface area (Å²) < 4.78 is 1.53. The molecule has 0 unspecified atom stereocenters. The lowest BCUT2D eigenvalue weighted by molar-refractivity contribution is 0.0556. The first-order chi connectivity index (χ1) is 19.4. The highest BCUT2D eigenvalue weighted by molar-refractivity contribution is 6.00. The Morgan fingerprint density at radius 1 is 1.10 bits per heavy atom. The van der Waals surface area contributed by atoms with E-state index in [1.807, 2.05) is 17.9 Å². The van der Waals surface area contributed by atoms with Crippen molar-refractivity contribution in [2.24, 2.45) is 0 Å². The molecule has 0 saturated carbocycles. The number of hydrogen-bond acceptors (Lipinski definition) is 9. The Bertz CT molecular complexity index is 1740. The van der Waals surface area contributed by atoms with Gasteiger partial charge in [0.25, 0.3) is 5.91 Å². The second-order valence-corrected chi connectivity index (χ2v) is 10.5. The van der Waals surface area contributed by atoms with E-state index in [0.29, 0.717) is 35.6 Å². The molecule has 2 aliphatic rings. The number of piperidine rings is 1. The van der Waals surface area contributed by atoms with Crippen molar-refractivity contribution in [3.63, 3.8) is 0 Å². The number of Topliss-reactive ketones (excluding diaryl/α,β-unsaturated/α-hetero) is 1. The number of hydrogen-bond donors (Lipinski definition) is 3. The van der Waals surface area contributed by atoms with Gasteiger partial charge in [-0.1, -0.05) is 0 Å². The van der Waals surface area contributed by atoms with E-state index in [1.165, 1.54) is 17.8 Å². The maximum atomic E-state index is 13.1. The summed E-state index contributed by atoms with van der Waals surface area (Å²) in [5.41, 5.74) is 11.5. The third-order valence-electron chi connectivity index (χ3n) is 8.15. The molecule has 1 amide bonds. The molecule has 7 heterocycles. The van der Waals surface area contributed by atoms with E-state index in [9.17, 15) is 9.59 Å². The fourth-order valence-electron chi connectivity index (χ4n) is 6.42. The molecule has 4 N–H and O–H groups in total. The van der Waals surface area contributed by atoms with Crippen LogP contribution in [0.25, 0.3) is 28.3 Å². The number of nitrogens with one attached hydrogen (secondary N) is 2. The van der Waals surface area contributed by atoms with Crippen LogP contribution >= 0.6 is 0 Å². The van der Waals surface area contributed by atoms with Crippen molar-refractivity contribution in [2.45, 2.75) is 57.5 Å². The zero-order valence-corrected chi connectivity index (χ0v) is 22.0. The van der Waals surface area contributed by atoms with Crippen molar-refractivity contribution in [3.8, 4) is 22.6 Å². The number of ketones is 1. The van der Waals surface area contributed by atoms with Gasteiger partial charge < -0.3 is 20.6 Å². The molecule has 5 aromatic rings. The molecule has 2 saturated heterocycles. The highest BCUT2D eigenvalue weighted by Gasteiger charge is 2.45. The first-order valence-corrected chi connectivity index (χ1v) is 13.2.